The van der Waals surface area contributed by atoms with Gasteiger partial charge in [0.1, 0.15) is 17.7 Å². The fraction of sp³-hybridized carbons (Fsp3) is 0.125. The molecule has 2 rings (SSSR count). The van der Waals surface area contributed by atoms with E-state index in [1.54, 1.807) is 12.1 Å². The highest BCUT2D eigenvalue weighted by Gasteiger charge is 2.03. The molecule has 1 aromatic heterocycles. The average molecular weight is 307 g/mol. The predicted molar refractivity (Wildman–Crippen MR) is 85.0 cm³/mol. The Bertz CT molecular complexity index is 763. The molecule has 0 radical (unpaired) electrons. The highest BCUT2D eigenvalue weighted by atomic mass is 32.2. The van der Waals surface area contributed by atoms with E-state index in [2.05, 4.69) is 15.3 Å². The van der Waals surface area contributed by atoms with Gasteiger partial charge in [0.15, 0.2) is 5.16 Å². The van der Waals surface area contributed by atoms with Crippen LogP contribution in [0.25, 0.3) is 0 Å². The Balaban J connectivity index is 2.17. The predicted octanol–water partition coefficient (Wildman–Crippen LogP) is 3.59. The van der Waals surface area contributed by atoms with Gasteiger partial charge in [-0.1, -0.05) is 6.07 Å². The zero-order chi connectivity index (χ0) is 15.9. The lowest BCUT2D eigenvalue weighted by Gasteiger charge is -2.05. The maximum Gasteiger partial charge on any atom is 0.192 e. The number of nitrogens with zero attached hydrogens (tertiary/aromatic N) is 4. The Hall–Kier alpha value is -2.83. The van der Waals surface area contributed by atoms with E-state index in [9.17, 15) is 0 Å². The van der Waals surface area contributed by atoms with Gasteiger partial charge in [-0.3, -0.25) is 0 Å². The number of aromatic nitrogens is 2. The van der Waals surface area contributed by atoms with Crippen molar-refractivity contribution in [2.24, 2.45) is 0 Å². The van der Waals surface area contributed by atoms with Crippen LogP contribution in [0.3, 0.4) is 0 Å². The summed E-state index contributed by atoms with van der Waals surface area (Å²) < 4.78 is 0. The summed E-state index contributed by atoms with van der Waals surface area (Å²) in [4.78, 5) is 9.76. The van der Waals surface area contributed by atoms with Gasteiger partial charge in [-0.25, -0.2) is 9.97 Å². The molecule has 0 aliphatic heterocycles. The van der Waals surface area contributed by atoms with Gasteiger partial charge < -0.3 is 5.32 Å². The third-order valence-corrected chi connectivity index (χ3v) is 3.48. The van der Waals surface area contributed by atoms with Gasteiger partial charge in [0.25, 0.3) is 0 Å². The van der Waals surface area contributed by atoms with Crippen molar-refractivity contribution in [3.8, 4) is 12.1 Å². The summed E-state index contributed by atoms with van der Waals surface area (Å²) in [6.07, 6.45) is 1.39. The second-order valence-electron chi connectivity index (χ2n) is 4.49. The second-order valence-corrected chi connectivity index (χ2v) is 5.53. The van der Waals surface area contributed by atoms with Crippen molar-refractivity contribution in [2.45, 2.75) is 23.9 Å². The monoisotopic (exact) mass is 307 g/mol. The first-order chi connectivity index (χ1) is 10.6. The van der Waals surface area contributed by atoms with Crippen LogP contribution in [0.1, 0.15) is 11.4 Å². The lowest BCUT2D eigenvalue weighted by Crippen LogP contribution is -1.93. The molecule has 0 atom stereocenters. The van der Waals surface area contributed by atoms with Gasteiger partial charge in [-0.15, -0.1) is 0 Å². The van der Waals surface area contributed by atoms with Crippen molar-refractivity contribution < 1.29 is 0 Å². The van der Waals surface area contributed by atoms with Crippen LogP contribution in [0.2, 0.25) is 0 Å². The fourth-order valence-electron chi connectivity index (χ4n) is 1.74. The maximum absolute atomic E-state index is 8.70. The van der Waals surface area contributed by atoms with E-state index in [-0.39, 0.29) is 5.57 Å². The van der Waals surface area contributed by atoms with Crippen LogP contribution < -0.4 is 5.32 Å². The lowest BCUT2D eigenvalue weighted by atomic mass is 10.3. The number of allylic oxidation sites excluding steroid dienone is 1. The normalized spacial score (nSPS) is 9.45. The molecule has 1 N–H and O–H groups in total. The summed E-state index contributed by atoms with van der Waals surface area (Å²) in [5, 5.41) is 21.0. The van der Waals surface area contributed by atoms with Gasteiger partial charge >= 0.3 is 0 Å². The first kappa shape index (κ1) is 15.6. The molecule has 0 bridgehead atoms. The molecule has 0 saturated carbocycles. The van der Waals surface area contributed by atoms with Crippen molar-refractivity contribution in [1.82, 2.24) is 9.97 Å². The summed E-state index contributed by atoms with van der Waals surface area (Å²) in [6, 6.07) is 13.1. The molecule has 0 aliphatic rings. The van der Waals surface area contributed by atoms with Crippen molar-refractivity contribution >= 4 is 17.4 Å². The fourth-order valence-corrected chi connectivity index (χ4v) is 2.66. The van der Waals surface area contributed by atoms with E-state index in [1.165, 1.54) is 18.0 Å². The molecule has 1 heterocycles. The maximum atomic E-state index is 8.70. The third-order valence-electron chi connectivity index (χ3n) is 2.63. The SMILES string of the molecule is Cc1cc(C)nc(Sc2cccc(NC=C(C#N)C#N)c2)n1. The Morgan fingerprint density at radius 2 is 1.82 bits per heavy atom. The minimum absolute atomic E-state index is 0.0238. The van der Waals surface area contributed by atoms with E-state index in [0.717, 1.165) is 22.0 Å². The summed E-state index contributed by atoms with van der Waals surface area (Å²) >= 11 is 1.46. The van der Waals surface area contributed by atoms with Crippen molar-refractivity contribution in [3.05, 3.63) is 53.5 Å². The quantitative estimate of drug-likeness (QED) is 0.686. The molecular weight excluding hydrogens is 294 g/mol. The molecule has 0 aliphatic carbocycles. The van der Waals surface area contributed by atoms with E-state index in [1.807, 2.05) is 44.2 Å². The Labute approximate surface area is 133 Å². The number of benzene rings is 1. The van der Waals surface area contributed by atoms with Gasteiger partial charge in [0.05, 0.1) is 0 Å². The highest BCUT2D eigenvalue weighted by Crippen LogP contribution is 2.27. The topological polar surface area (TPSA) is 85.4 Å². The molecule has 0 saturated heterocycles. The smallest absolute Gasteiger partial charge is 0.192 e. The zero-order valence-corrected chi connectivity index (χ0v) is 13.0. The Morgan fingerprint density at radius 1 is 1.14 bits per heavy atom. The third kappa shape index (κ3) is 4.34. The van der Waals surface area contributed by atoms with Gasteiger partial charge in [0.2, 0.25) is 0 Å². The zero-order valence-electron chi connectivity index (χ0n) is 12.2. The summed E-state index contributed by atoms with van der Waals surface area (Å²) in [5.74, 6) is 0. The first-order valence-electron chi connectivity index (χ1n) is 6.48. The number of hydrogen-bond acceptors (Lipinski definition) is 6. The van der Waals surface area contributed by atoms with E-state index >= 15 is 0 Å². The average Bonchev–Trinajstić information content (AvgIpc) is 2.47. The van der Waals surface area contributed by atoms with Gasteiger partial charge in [0, 0.05) is 28.2 Å². The molecule has 0 fully saturated rings. The number of nitrogens with one attached hydrogen (secondary N) is 1. The Morgan fingerprint density at radius 3 is 2.45 bits per heavy atom. The molecule has 0 unspecified atom stereocenters. The second kappa shape index (κ2) is 7.26. The standard InChI is InChI=1S/C16H13N5S/c1-11-6-12(2)21-16(20-11)22-15-5-3-4-14(7-15)19-10-13(8-17)9-18/h3-7,10,19H,1-2H3. The Kier molecular flexibility index (Phi) is 5.13. The molecule has 1 aromatic carbocycles. The molecule has 2 aromatic rings. The van der Waals surface area contributed by atoms with Crippen LogP contribution in [0.15, 0.2) is 52.2 Å². The van der Waals surface area contributed by atoms with E-state index in [4.69, 9.17) is 10.5 Å². The van der Waals surface area contributed by atoms with E-state index < -0.39 is 0 Å². The number of hydrogen-bond donors (Lipinski definition) is 1. The summed E-state index contributed by atoms with van der Waals surface area (Å²) in [6.45, 7) is 3.87. The molecule has 6 heteroatoms. The number of anilines is 1. The molecule has 22 heavy (non-hydrogen) atoms. The van der Waals surface area contributed by atoms with Crippen LogP contribution in [0.5, 0.6) is 0 Å². The number of nitriles is 2. The van der Waals surface area contributed by atoms with Gasteiger partial charge in [-0.05, 0) is 49.9 Å². The van der Waals surface area contributed by atoms with Crippen LogP contribution >= 0.6 is 11.8 Å². The summed E-state index contributed by atoms with van der Waals surface area (Å²) in [7, 11) is 0. The van der Waals surface area contributed by atoms with Crippen LogP contribution in [-0.4, -0.2) is 9.97 Å². The minimum atomic E-state index is 0.0238. The molecule has 108 valence electrons. The van der Waals surface area contributed by atoms with Crippen molar-refractivity contribution in [3.63, 3.8) is 0 Å². The highest BCUT2D eigenvalue weighted by molar-refractivity contribution is 7.99. The van der Waals surface area contributed by atoms with Crippen LogP contribution in [-0.2, 0) is 0 Å². The number of rotatable bonds is 4. The van der Waals surface area contributed by atoms with Crippen LogP contribution in [0, 0.1) is 36.5 Å². The number of aryl methyl sites for hydroxylation is 2. The lowest BCUT2D eigenvalue weighted by molar-refractivity contribution is 0.902. The largest absolute Gasteiger partial charge is 0.360 e. The van der Waals surface area contributed by atoms with Crippen molar-refractivity contribution in [1.29, 1.82) is 10.5 Å². The molecule has 0 amide bonds. The minimum Gasteiger partial charge on any atom is -0.360 e. The van der Waals surface area contributed by atoms with E-state index in [0.29, 0.717) is 5.16 Å². The molecule has 0 spiro atoms. The molecular formula is C16H13N5S. The molecule has 5 nitrogen and oxygen atoms in total. The van der Waals surface area contributed by atoms with Crippen molar-refractivity contribution in [2.75, 3.05) is 5.32 Å². The van der Waals surface area contributed by atoms with Gasteiger partial charge in [-0.2, -0.15) is 10.5 Å². The first-order valence-corrected chi connectivity index (χ1v) is 7.29. The summed E-state index contributed by atoms with van der Waals surface area (Å²) in [5.41, 5.74) is 2.67. The van der Waals surface area contributed by atoms with Crippen LogP contribution in [0.4, 0.5) is 5.69 Å².